The molecule has 0 fully saturated rings. The van der Waals surface area contributed by atoms with Crippen LogP contribution in [0.1, 0.15) is 27.3 Å². The Hall–Kier alpha value is -1.74. The van der Waals surface area contributed by atoms with Crippen molar-refractivity contribution in [2.45, 2.75) is 26.8 Å². The molecule has 2 rings (SSSR count). The van der Waals surface area contributed by atoms with E-state index in [1.54, 1.807) is 6.07 Å². The summed E-state index contributed by atoms with van der Waals surface area (Å²) in [6.45, 7) is 4.52. The third-order valence-electron chi connectivity index (χ3n) is 3.32. The predicted molar refractivity (Wildman–Crippen MR) is 76.0 cm³/mol. The van der Waals surface area contributed by atoms with E-state index in [4.69, 9.17) is 16.7 Å². The highest BCUT2D eigenvalue weighted by molar-refractivity contribution is 6.30. The lowest BCUT2D eigenvalue weighted by molar-refractivity contribution is 0.0696. The molecule has 1 heterocycles. The third-order valence-corrected chi connectivity index (χ3v) is 3.55. The van der Waals surface area contributed by atoms with E-state index in [1.165, 1.54) is 0 Å². The first kappa shape index (κ1) is 13.7. The Labute approximate surface area is 117 Å². The number of carbonyl (C=O) groups is 1. The van der Waals surface area contributed by atoms with Gasteiger partial charge in [0.2, 0.25) is 0 Å². The van der Waals surface area contributed by atoms with Gasteiger partial charge < -0.3 is 9.67 Å². The highest BCUT2D eigenvalue weighted by atomic mass is 35.5. The van der Waals surface area contributed by atoms with Crippen LogP contribution in [-0.4, -0.2) is 15.6 Å². The summed E-state index contributed by atoms with van der Waals surface area (Å²) < 4.78 is 2.03. The van der Waals surface area contributed by atoms with E-state index < -0.39 is 5.97 Å². The SMILES string of the molecule is Cc1cc(C(=O)O)c(C)n1CCc1cccc(Cl)c1. The summed E-state index contributed by atoms with van der Waals surface area (Å²) in [6, 6.07) is 9.46. The number of benzene rings is 1. The van der Waals surface area contributed by atoms with Crippen LogP contribution < -0.4 is 0 Å². The average Bonchev–Trinajstić information content (AvgIpc) is 2.63. The van der Waals surface area contributed by atoms with Crippen molar-refractivity contribution in [3.63, 3.8) is 0 Å². The highest BCUT2D eigenvalue weighted by Crippen LogP contribution is 2.17. The Bertz CT molecular complexity index is 617. The molecule has 0 aliphatic heterocycles. The molecule has 1 aromatic heterocycles. The van der Waals surface area contributed by atoms with Crippen molar-refractivity contribution in [1.29, 1.82) is 0 Å². The smallest absolute Gasteiger partial charge is 0.337 e. The van der Waals surface area contributed by atoms with Crippen molar-refractivity contribution >= 4 is 17.6 Å². The Morgan fingerprint density at radius 2 is 2.05 bits per heavy atom. The molecule has 19 heavy (non-hydrogen) atoms. The Morgan fingerprint density at radius 3 is 2.63 bits per heavy atom. The van der Waals surface area contributed by atoms with Crippen LogP contribution in [0.15, 0.2) is 30.3 Å². The Balaban J connectivity index is 2.18. The first-order valence-corrected chi connectivity index (χ1v) is 6.51. The number of hydrogen-bond donors (Lipinski definition) is 1. The van der Waals surface area contributed by atoms with Crippen LogP contribution in [-0.2, 0) is 13.0 Å². The van der Waals surface area contributed by atoms with Crippen molar-refractivity contribution in [2.24, 2.45) is 0 Å². The van der Waals surface area contributed by atoms with E-state index in [-0.39, 0.29) is 0 Å². The lowest BCUT2D eigenvalue weighted by Crippen LogP contribution is -2.06. The molecule has 2 aromatic rings. The first-order valence-electron chi connectivity index (χ1n) is 6.13. The zero-order chi connectivity index (χ0) is 14.0. The quantitative estimate of drug-likeness (QED) is 0.926. The number of aryl methyl sites for hydroxylation is 2. The van der Waals surface area contributed by atoms with E-state index in [9.17, 15) is 4.79 Å². The van der Waals surface area contributed by atoms with Gasteiger partial charge in [0.05, 0.1) is 5.56 Å². The highest BCUT2D eigenvalue weighted by Gasteiger charge is 2.14. The molecule has 0 bridgehead atoms. The zero-order valence-electron chi connectivity index (χ0n) is 11.0. The molecular weight excluding hydrogens is 262 g/mol. The van der Waals surface area contributed by atoms with Crippen LogP contribution in [0.5, 0.6) is 0 Å². The molecule has 0 saturated heterocycles. The topological polar surface area (TPSA) is 42.2 Å². The maximum absolute atomic E-state index is 11.1. The predicted octanol–water partition coefficient (Wildman–Crippen LogP) is 3.70. The minimum Gasteiger partial charge on any atom is -0.478 e. The van der Waals surface area contributed by atoms with Crippen molar-refractivity contribution in [3.05, 3.63) is 57.9 Å². The summed E-state index contributed by atoms with van der Waals surface area (Å²) in [6.07, 6.45) is 0.829. The second kappa shape index (κ2) is 5.49. The molecule has 1 N–H and O–H groups in total. The summed E-state index contributed by atoms with van der Waals surface area (Å²) in [4.78, 5) is 11.1. The fourth-order valence-corrected chi connectivity index (χ4v) is 2.51. The number of aromatic nitrogens is 1. The summed E-state index contributed by atoms with van der Waals surface area (Å²) in [5, 5.41) is 9.82. The van der Waals surface area contributed by atoms with Crippen LogP contribution in [0.3, 0.4) is 0 Å². The summed E-state index contributed by atoms with van der Waals surface area (Å²) in [5.74, 6) is -0.873. The number of carboxylic acids is 1. The average molecular weight is 278 g/mol. The maximum Gasteiger partial charge on any atom is 0.337 e. The molecule has 0 spiro atoms. The Kier molecular flexibility index (Phi) is 3.96. The second-order valence-electron chi connectivity index (χ2n) is 4.62. The molecule has 4 heteroatoms. The molecule has 0 radical (unpaired) electrons. The number of carboxylic acid groups (broad SMARTS) is 1. The lowest BCUT2D eigenvalue weighted by atomic mass is 10.1. The van der Waals surface area contributed by atoms with Crippen molar-refractivity contribution < 1.29 is 9.90 Å². The fraction of sp³-hybridized carbons (Fsp3) is 0.267. The molecule has 0 atom stereocenters. The number of aromatic carboxylic acids is 1. The van der Waals surface area contributed by atoms with Gasteiger partial charge in [0.1, 0.15) is 0 Å². The molecule has 0 aliphatic carbocycles. The van der Waals surface area contributed by atoms with Crippen molar-refractivity contribution in [3.8, 4) is 0 Å². The molecule has 1 aromatic carbocycles. The third kappa shape index (κ3) is 2.99. The molecular formula is C15H16ClNO2. The van der Waals surface area contributed by atoms with E-state index in [1.807, 2.05) is 42.7 Å². The molecule has 100 valence electrons. The molecule has 0 amide bonds. The first-order chi connectivity index (χ1) is 8.99. The van der Waals surface area contributed by atoms with E-state index in [0.29, 0.717) is 5.56 Å². The molecule has 3 nitrogen and oxygen atoms in total. The van der Waals surface area contributed by atoms with E-state index >= 15 is 0 Å². The fourth-order valence-electron chi connectivity index (χ4n) is 2.30. The molecule has 0 aliphatic rings. The van der Waals surface area contributed by atoms with Gasteiger partial charge in [0.25, 0.3) is 0 Å². The minimum atomic E-state index is -0.873. The number of nitrogens with zero attached hydrogens (tertiary/aromatic N) is 1. The van der Waals surface area contributed by atoms with Gasteiger partial charge in [-0.1, -0.05) is 23.7 Å². The van der Waals surface area contributed by atoms with Crippen LogP contribution in [0, 0.1) is 13.8 Å². The standard InChI is InChI=1S/C15H16ClNO2/c1-10-8-14(15(18)19)11(2)17(10)7-6-12-4-3-5-13(16)9-12/h3-5,8-9H,6-7H2,1-2H3,(H,18,19). The van der Waals surface area contributed by atoms with E-state index in [0.717, 1.165) is 34.9 Å². The number of hydrogen-bond acceptors (Lipinski definition) is 1. The Morgan fingerprint density at radius 1 is 1.32 bits per heavy atom. The molecule has 0 saturated carbocycles. The summed E-state index contributed by atoms with van der Waals surface area (Å²) in [5.41, 5.74) is 3.30. The van der Waals surface area contributed by atoms with Gasteiger partial charge in [-0.2, -0.15) is 0 Å². The van der Waals surface area contributed by atoms with Crippen molar-refractivity contribution in [1.82, 2.24) is 4.57 Å². The summed E-state index contributed by atoms with van der Waals surface area (Å²) in [7, 11) is 0. The van der Waals surface area contributed by atoms with Gasteiger partial charge in [-0.15, -0.1) is 0 Å². The van der Waals surface area contributed by atoms with Crippen molar-refractivity contribution in [2.75, 3.05) is 0 Å². The monoisotopic (exact) mass is 277 g/mol. The normalized spacial score (nSPS) is 10.7. The summed E-state index contributed by atoms with van der Waals surface area (Å²) >= 11 is 5.95. The van der Waals surface area contributed by atoms with Gasteiger partial charge in [-0.3, -0.25) is 0 Å². The van der Waals surface area contributed by atoms with Gasteiger partial charge in [-0.05, 0) is 44.0 Å². The zero-order valence-corrected chi connectivity index (χ0v) is 11.7. The number of halogens is 1. The molecule has 0 unspecified atom stereocenters. The lowest BCUT2D eigenvalue weighted by Gasteiger charge is -2.09. The van der Waals surface area contributed by atoms with E-state index in [2.05, 4.69) is 0 Å². The van der Waals surface area contributed by atoms with Crippen LogP contribution in [0.2, 0.25) is 5.02 Å². The van der Waals surface area contributed by atoms with Gasteiger partial charge >= 0.3 is 5.97 Å². The van der Waals surface area contributed by atoms with Crippen LogP contribution in [0.4, 0.5) is 0 Å². The van der Waals surface area contributed by atoms with Gasteiger partial charge in [0, 0.05) is 23.0 Å². The number of rotatable bonds is 4. The van der Waals surface area contributed by atoms with Gasteiger partial charge in [-0.25, -0.2) is 4.79 Å². The maximum atomic E-state index is 11.1. The van der Waals surface area contributed by atoms with Crippen LogP contribution >= 0.6 is 11.6 Å². The minimum absolute atomic E-state index is 0.378. The second-order valence-corrected chi connectivity index (χ2v) is 5.06. The van der Waals surface area contributed by atoms with Gasteiger partial charge in [0.15, 0.2) is 0 Å². The van der Waals surface area contributed by atoms with Crippen LogP contribution in [0.25, 0.3) is 0 Å². The largest absolute Gasteiger partial charge is 0.478 e.